The van der Waals surface area contributed by atoms with Crippen molar-refractivity contribution in [2.24, 2.45) is 11.7 Å². The second kappa shape index (κ2) is 8.20. The molecule has 8 atom stereocenters. The molecule has 5 fully saturated rings. The lowest BCUT2D eigenvalue weighted by Crippen LogP contribution is -2.65. The van der Waals surface area contributed by atoms with Crippen LogP contribution < -0.4 is 27.1 Å². The third-order valence-electron chi connectivity index (χ3n) is 7.54. The molecule has 9 nitrogen and oxygen atoms in total. The Labute approximate surface area is 177 Å². The van der Waals surface area contributed by atoms with Crippen LogP contribution in [0.2, 0.25) is 0 Å². The molecular weight excluding hydrogens is 394 g/mol. The molecule has 29 heavy (non-hydrogen) atoms. The van der Waals surface area contributed by atoms with Crippen molar-refractivity contribution in [1.82, 2.24) is 31.3 Å². The monoisotopic (exact) mass is 427 g/mol. The number of carbonyl (C=O) groups is 1. The minimum absolute atomic E-state index is 0.00103. The molecule has 0 spiro atoms. The molecule has 7 N–H and O–H groups in total. The molecule has 0 aromatic heterocycles. The number of amides is 1. The number of fused-ring (bicyclic) bond motifs is 3. The van der Waals surface area contributed by atoms with Gasteiger partial charge in [-0.25, -0.2) is 10.4 Å². The Bertz CT molecular complexity index is 613. The van der Waals surface area contributed by atoms with E-state index in [4.69, 9.17) is 17.3 Å². The van der Waals surface area contributed by atoms with Crippen molar-refractivity contribution in [3.63, 3.8) is 0 Å². The number of aliphatic hydroxyl groups is 1. The Morgan fingerprint density at radius 2 is 1.93 bits per heavy atom. The van der Waals surface area contributed by atoms with Crippen molar-refractivity contribution in [2.75, 3.05) is 26.2 Å². The van der Waals surface area contributed by atoms with E-state index in [0.29, 0.717) is 31.2 Å². The zero-order valence-electron chi connectivity index (χ0n) is 16.8. The van der Waals surface area contributed by atoms with Gasteiger partial charge in [0.15, 0.2) is 0 Å². The number of halogens is 1. The number of piperidine rings is 2. The fourth-order valence-electron chi connectivity index (χ4n) is 6.33. The summed E-state index contributed by atoms with van der Waals surface area (Å²) in [7, 11) is 0. The van der Waals surface area contributed by atoms with Crippen LogP contribution in [-0.4, -0.2) is 95.1 Å². The first-order valence-corrected chi connectivity index (χ1v) is 11.6. The predicted octanol–water partition coefficient (Wildman–Crippen LogP) is -1.92. The Morgan fingerprint density at radius 3 is 2.69 bits per heavy atom. The van der Waals surface area contributed by atoms with Crippen LogP contribution in [0.25, 0.3) is 0 Å². The molecule has 0 saturated carbocycles. The smallest absolute Gasteiger partial charge is 0.229 e. The number of hydrogen-bond acceptors (Lipinski definition) is 8. The van der Waals surface area contributed by atoms with Crippen molar-refractivity contribution in [3.8, 4) is 0 Å². The Hall–Kier alpha value is -0.520. The lowest BCUT2D eigenvalue weighted by Gasteiger charge is -2.47. The van der Waals surface area contributed by atoms with Crippen molar-refractivity contribution >= 4 is 17.5 Å². The molecule has 0 radical (unpaired) electrons. The van der Waals surface area contributed by atoms with E-state index < -0.39 is 6.17 Å². The summed E-state index contributed by atoms with van der Waals surface area (Å²) in [6.07, 6.45) is 4.33. The van der Waals surface area contributed by atoms with Gasteiger partial charge in [0.05, 0.1) is 35.8 Å². The van der Waals surface area contributed by atoms with E-state index >= 15 is 0 Å². The van der Waals surface area contributed by atoms with Crippen LogP contribution in [-0.2, 0) is 4.79 Å². The second-order valence-electron chi connectivity index (χ2n) is 9.42. The van der Waals surface area contributed by atoms with Crippen molar-refractivity contribution in [2.45, 2.75) is 80.1 Å². The highest BCUT2D eigenvalue weighted by molar-refractivity contribution is 6.21. The molecule has 5 heterocycles. The maximum atomic E-state index is 13.3. The highest BCUT2D eigenvalue weighted by Gasteiger charge is 2.49. The number of nitrogens with zero attached hydrogens (tertiary/aromatic N) is 2. The molecule has 5 rings (SSSR count). The Kier molecular flexibility index (Phi) is 5.76. The number of nitrogens with two attached hydrogens (primary N) is 1. The van der Waals surface area contributed by atoms with Crippen LogP contribution >= 0.6 is 11.6 Å². The van der Waals surface area contributed by atoms with Crippen LogP contribution in [0.3, 0.4) is 0 Å². The largest absolute Gasteiger partial charge is 0.393 e. The summed E-state index contributed by atoms with van der Waals surface area (Å²) in [5, 5.41) is 22.3. The number of rotatable bonds is 3. The Balaban J connectivity index is 1.28. The molecule has 2 bridgehead atoms. The van der Waals surface area contributed by atoms with E-state index in [1.54, 1.807) is 0 Å². The summed E-state index contributed by atoms with van der Waals surface area (Å²) in [5.74, 6) is -0.359. The zero-order valence-corrected chi connectivity index (χ0v) is 17.5. The molecule has 0 aliphatic carbocycles. The molecule has 8 unspecified atom stereocenters. The van der Waals surface area contributed by atoms with Crippen LogP contribution in [0.4, 0.5) is 0 Å². The maximum absolute atomic E-state index is 13.3. The lowest BCUT2D eigenvalue weighted by molar-refractivity contribution is -0.128. The van der Waals surface area contributed by atoms with Crippen molar-refractivity contribution in [3.05, 3.63) is 0 Å². The second-order valence-corrected chi connectivity index (χ2v) is 10.0. The first kappa shape index (κ1) is 20.4. The van der Waals surface area contributed by atoms with E-state index in [1.807, 2.05) is 5.01 Å². The molecule has 5 aliphatic rings. The standard InChI is InChI=1S/C19H34ClN7O2/c20-10-7-23-18-16(17(21)25-26(18)9-10)19(29)24-14-8-22-4-3-15(14)27-11-1-2-12(27)6-13(28)5-11/h10-18,22-23,25,28H,1-9,21H2,(H,24,29). The third kappa shape index (κ3) is 3.80. The van der Waals surface area contributed by atoms with Gasteiger partial charge >= 0.3 is 0 Å². The predicted molar refractivity (Wildman–Crippen MR) is 110 cm³/mol. The Morgan fingerprint density at radius 1 is 1.17 bits per heavy atom. The molecule has 5 aliphatic heterocycles. The fraction of sp³-hybridized carbons (Fsp3) is 0.947. The molecule has 1 amide bonds. The minimum Gasteiger partial charge on any atom is -0.393 e. The highest BCUT2D eigenvalue weighted by Crippen LogP contribution is 2.39. The van der Waals surface area contributed by atoms with Crippen molar-refractivity contribution < 1.29 is 9.90 Å². The average Bonchev–Trinajstić information content (AvgIpc) is 3.14. The number of hydrogen-bond donors (Lipinski definition) is 6. The summed E-state index contributed by atoms with van der Waals surface area (Å²) in [4.78, 5) is 15.9. The summed E-state index contributed by atoms with van der Waals surface area (Å²) in [6.45, 7) is 3.09. The van der Waals surface area contributed by atoms with Gasteiger partial charge in [0.25, 0.3) is 0 Å². The van der Waals surface area contributed by atoms with Gasteiger partial charge in [0, 0.05) is 37.8 Å². The van der Waals surface area contributed by atoms with Gasteiger partial charge in [-0.3, -0.25) is 15.0 Å². The fourth-order valence-corrected chi connectivity index (χ4v) is 6.57. The van der Waals surface area contributed by atoms with Crippen LogP contribution in [0, 0.1) is 5.92 Å². The SMILES string of the molecule is NC1NN2CC(Cl)CNC2C1C(=O)NC1CNCCC1N1C2CCC1CC(O)C2. The van der Waals surface area contributed by atoms with E-state index in [1.165, 1.54) is 0 Å². The van der Waals surface area contributed by atoms with Gasteiger partial charge in [0.2, 0.25) is 5.91 Å². The third-order valence-corrected chi connectivity index (χ3v) is 7.84. The van der Waals surface area contributed by atoms with Crippen molar-refractivity contribution in [1.29, 1.82) is 0 Å². The van der Waals surface area contributed by atoms with Gasteiger partial charge in [0.1, 0.15) is 0 Å². The maximum Gasteiger partial charge on any atom is 0.229 e. The summed E-state index contributed by atoms with van der Waals surface area (Å²) >= 11 is 6.25. The quantitative estimate of drug-likeness (QED) is 0.289. The summed E-state index contributed by atoms with van der Waals surface area (Å²) < 4.78 is 0. The highest BCUT2D eigenvalue weighted by atomic mass is 35.5. The first-order chi connectivity index (χ1) is 14.0. The normalized spacial score (nSPS) is 48.4. The lowest BCUT2D eigenvalue weighted by atomic mass is 9.91. The molecule has 5 saturated heterocycles. The summed E-state index contributed by atoms with van der Waals surface area (Å²) in [5.41, 5.74) is 9.49. The topological polar surface area (TPSA) is 118 Å². The van der Waals surface area contributed by atoms with E-state index in [9.17, 15) is 9.90 Å². The van der Waals surface area contributed by atoms with Gasteiger partial charge in [-0.1, -0.05) is 0 Å². The van der Waals surface area contributed by atoms with E-state index in [0.717, 1.165) is 45.2 Å². The molecule has 0 aromatic carbocycles. The average molecular weight is 428 g/mol. The van der Waals surface area contributed by atoms with Gasteiger partial charge in [-0.2, -0.15) is 0 Å². The van der Waals surface area contributed by atoms with Gasteiger partial charge in [-0.15, -0.1) is 11.6 Å². The number of carbonyl (C=O) groups excluding carboxylic acids is 1. The van der Waals surface area contributed by atoms with E-state index in [-0.39, 0.29) is 35.5 Å². The van der Waals surface area contributed by atoms with Crippen LogP contribution in [0.5, 0.6) is 0 Å². The number of aliphatic hydroxyl groups excluding tert-OH is 1. The molecular formula is C19H34ClN7O2. The summed E-state index contributed by atoms with van der Waals surface area (Å²) in [6, 6.07) is 1.26. The van der Waals surface area contributed by atoms with Crippen LogP contribution in [0.1, 0.15) is 32.1 Å². The zero-order chi connectivity index (χ0) is 20.1. The number of nitrogens with one attached hydrogen (secondary N) is 4. The molecule has 10 heteroatoms. The van der Waals surface area contributed by atoms with Crippen LogP contribution in [0.15, 0.2) is 0 Å². The minimum atomic E-state index is -0.425. The van der Waals surface area contributed by atoms with E-state index in [2.05, 4.69) is 26.3 Å². The van der Waals surface area contributed by atoms with Gasteiger partial charge in [-0.05, 0) is 38.6 Å². The first-order valence-electron chi connectivity index (χ1n) is 11.1. The number of alkyl halides is 1. The number of hydrazine groups is 1. The molecule has 164 valence electrons. The van der Waals surface area contributed by atoms with Gasteiger partial charge < -0.3 is 21.5 Å². The molecule has 0 aromatic rings.